The molecule has 1 aromatic heterocycles. The van der Waals surface area contributed by atoms with Crippen LogP contribution < -0.4 is 5.32 Å². The number of aliphatic hydroxyl groups is 1. The van der Waals surface area contributed by atoms with E-state index in [1.807, 2.05) is 88.4 Å². The van der Waals surface area contributed by atoms with E-state index in [1.165, 1.54) is 34.8 Å². The minimum atomic E-state index is -4.07. The predicted molar refractivity (Wildman–Crippen MR) is 207 cm³/mol. The van der Waals surface area contributed by atoms with Gasteiger partial charge in [0.1, 0.15) is 6.04 Å². The van der Waals surface area contributed by atoms with E-state index in [0.29, 0.717) is 31.6 Å². The molecule has 0 unspecified atom stereocenters. The van der Waals surface area contributed by atoms with Crippen molar-refractivity contribution in [2.24, 2.45) is 17.0 Å². The van der Waals surface area contributed by atoms with Crippen molar-refractivity contribution in [1.29, 1.82) is 0 Å². The van der Waals surface area contributed by atoms with Crippen molar-refractivity contribution in [2.75, 3.05) is 26.2 Å². The molecule has 4 aromatic rings. The van der Waals surface area contributed by atoms with Gasteiger partial charge in [-0.05, 0) is 64.8 Å². The topological polar surface area (TPSA) is 156 Å². The van der Waals surface area contributed by atoms with Gasteiger partial charge in [-0.3, -0.25) is 4.79 Å². The Bertz CT molecular complexity index is 1950. The second-order valence-corrected chi connectivity index (χ2v) is 16.3. The third kappa shape index (κ3) is 9.95. The lowest BCUT2D eigenvalue weighted by Crippen LogP contribution is -2.57. The standard InChI is InChI=1S/C41H51N5O7S/c1-5-30(4)39(46-20-19-44(41(46)49)26-33-12-9-13-34(22-33)35-18-21-53-28-35)40(48)43-37(23-31-10-7-6-8-11-31)38(47)27-45(25-29(2)3)54(51,52)36-16-14-32(15-17-36)24-42-50/h6-18,21-22,24,28-30,37-39,47,50H,5,19-20,23,25-27H2,1-4H3,(H,43,48)/t30-,37-,38+,39-/m0/s1. The molecule has 12 nitrogen and oxygen atoms in total. The molecular formula is C41H51N5O7S. The summed E-state index contributed by atoms with van der Waals surface area (Å²) in [6.07, 6.45) is 4.06. The number of oxime groups is 1. The van der Waals surface area contributed by atoms with Gasteiger partial charge >= 0.3 is 6.03 Å². The molecule has 0 aliphatic carbocycles. The molecule has 0 spiro atoms. The number of benzene rings is 3. The molecule has 3 amide bonds. The van der Waals surface area contributed by atoms with E-state index >= 15 is 0 Å². The van der Waals surface area contributed by atoms with Gasteiger partial charge in [0.2, 0.25) is 15.9 Å². The van der Waals surface area contributed by atoms with E-state index in [-0.39, 0.29) is 42.3 Å². The molecule has 2 heterocycles. The van der Waals surface area contributed by atoms with Gasteiger partial charge in [0, 0.05) is 38.3 Å². The lowest BCUT2D eigenvalue weighted by Gasteiger charge is -2.35. The number of nitrogens with zero attached hydrogens (tertiary/aromatic N) is 4. The first kappa shape index (κ1) is 40.2. The van der Waals surface area contributed by atoms with Gasteiger partial charge < -0.3 is 29.8 Å². The Morgan fingerprint density at radius 2 is 1.69 bits per heavy atom. The first-order valence-corrected chi connectivity index (χ1v) is 19.8. The average molecular weight is 758 g/mol. The third-order valence-corrected chi connectivity index (χ3v) is 11.7. The lowest BCUT2D eigenvalue weighted by atomic mass is 9.95. The summed E-state index contributed by atoms with van der Waals surface area (Å²) in [7, 11) is -4.07. The van der Waals surface area contributed by atoms with Crippen LogP contribution >= 0.6 is 0 Å². The number of nitrogens with one attached hydrogen (secondary N) is 1. The summed E-state index contributed by atoms with van der Waals surface area (Å²) in [6, 6.07) is 23.2. The maximum Gasteiger partial charge on any atom is 0.321 e. The highest BCUT2D eigenvalue weighted by Gasteiger charge is 2.41. The number of urea groups is 1. The van der Waals surface area contributed by atoms with Crippen LogP contribution in [-0.4, -0.2) is 95.4 Å². The molecule has 0 saturated carbocycles. The van der Waals surface area contributed by atoms with Gasteiger partial charge in [0.25, 0.3) is 0 Å². The number of amides is 3. The monoisotopic (exact) mass is 757 g/mol. The molecule has 5 rings (SSSR count). The van der Waals surface area contributed by atoms with Crippen molar-refractivity contribution in [3.8, 4) is 11.1 Å². The van der Waals surface area contributed by atoms with E-state index in [9.17, 15) is 23.1 Å². The zero-order valence-corrected chi connectivity index (χ0v) is 32.1. The van der Waals surface area contributed by atoms with Crippen LogP contribution in [0, 0.1) is 11.8 Å². The van der Waals surface area contributed by atoms with E-state index < -0.39 is 34.1 Å². The zero-order chi connectivity index (χ0) is 38.8. The maximum atomic E-state index is 14.4. The van der Waals surface area contributed by atoms with Gasteiger partial charge in [0.15, 0.2) is 0 Å². The highest BCUT2D eigenvalue weighted by molar-refractivity contribution is 7.89. The third-order valence-electron chi connectivity index (χ3n) is 9.84. The molecule has 1 saturated heterocycles. The highest BCUT2D eigenvalue weighted by atomic mass is 32.2. The smallest absolute Gasteiger partial charge is 0.321 e. The first-order valence-electron chi connectivity index (χ1n) is 18.4. The second kappa shape index (κ2) is 18.4. The van der Waals surface area contributed by atoms with E-state index in [2.05, 4.69) is 10.5 Å². The summed E-state index contributed by atoms with van der Waals surface area (Å²) in [6.45, 7) is 8.72. The fraction of sp³-hybridized carbons (Fsp3) is 0.390. The van der Waals surface area contributed by atoms with Crippen molar-refractivity contribution in [2.45, 2.75) is 70.2 Å². The normalized spacial score (nSPS) is 15.9. The lowest BCUT2D eigenvalue weighted by molar-refractivity contribution is -0.128. The van der Waals surface area contributed by atoms with Gasteiger partial charge in [0.05, 0.1) is 35.8 Å². The molecule has 3 aromatic carbocycles. The summed E-state index contributed by atoms with van der Waals surface area (Å²) in [5, 5.41) is 26.8. The van der Waals surface area contributed by atoms with Crippen LogP contribution in [0.1, 0.15) is 50.8 Å². The number of rotatable bonds is 18. The quantitative estimate of drug-likeness (QED) is 0.0654. The van der Waals surface area contributed by atoms with Crippen LogP contribution in [-0.2, 0) is 27.8 Å². The van der Waals surface area contributed by atoms with Crippen LogP contribution in [0.2, 0.25) is 0 Å². The van der Waals surface area contributed by atoms with Crippen molar-refractivity contribution in [1.82, 2.24) is 19.4 Å². The number of hydrogen-bond acceptors (Lipinski definition) is 8. The summed E-state index contributed by atoms with van der Waals surface area (Å²) in [5.74, 6) is -0.674. The van der Waals surface area contributed by atoms with Crippen LogP contribution in [0.5, 0.6) is 0 Å². The molecule has 288 valence electrons. The molecule has 1 fully saturated rings. The SMILES string of the molecule is CC[C@H](C)[C@@H](C(=O)N[C@@H](Cc1ccccc1)[C@H](O)CN(CC(C)C)S(=O)(=O)c1ccc(C=NO)cc1)N1CCN(Cc2cccc(-c3ccoc3)c2)C1=O. The fourth-order valence-corrected chi connectivity index (χ4v) is 8.43. The molecule has 0 bridgehead atoms. The van der Waals surface area contributed by atoms with Crippen molar-refractivity contribution < 1.29 is 32.7 Å². The van der Waals surface area contributed by atoms with Crippen LogP contribution in [0.25, 0.3) is 11.1 Å². The molecule has 1 aliphatic heterocycles. The molecule has 1 aliphatic rings. The van der Waals surface area contributed by atoms with Crippen molar-refractivity contribution in [3.63, 3.8) is 0 Å². The van der Waals surface area contributed by atoms with Gasteiger partial charge in [-0.1, -0.05) is 99.9 Å². The first-order chi connectivity index (χ1) is 25.9. The van der Waals surface area contributed by atoms with Crippen molar-refractivity contribution in [3.05, 3.63) is 114 Å². The van der Waals surface area contributed by atoms with Crippen LogP contribution in [0.15, 0.2) is 112 Å². The maximum absolute atomic E-state index is 14.4. The van der Waals surface area contributed by atoms with Crippen molar-refractivity contribution >= 4 is 28.2 Å². The van der Waals surface area contributed by atoms with Gasteiger partial charge in [-0.15, -0.1) is 0 Å². The Labute approximate surface area is 318 Å². The number of aliphatic hydroxyl groups excluding tert-OH is 1. The second-order valence-electron chi connectivity index (χ2n) is 14.3. The highest BCUT2D eigenvalue weighted by Crippen LogP contribution is 2.26. The predicted octanol–water partition coefficient (Wildman–Crippen LogP) is 5.84. The van der Waals surface area contributed by atoms with E-state index in [1.54, 1.807) is 22.3 Å². The molecule has 0 radical (unpaired) electrons. The summed E-state index contributed by atoms with van der Waals surface area (Å²) >= 11 is 0. The molecule has 13 heteroatoms. The Morgan fingerprint density at radius 1 is 0.963 bits per heavy atom. The summed E-state index contributed by atoms with van der Waals surface area (Å²) in [5.41, 5.74) is 4.25. The summed E-state index contributed by atoms with van der Waals surface area (Å²) in [4.78, 5) is 31.7. The molecule has 3 N–H and O–H groups in total. The number of carbonyl (C=O) groups excluding carboxylic acids is 2. The fourth-order valence-electron chi connectivity index (χ4n) is 6.81. The Balaban J connectivity index is 1.37. The average Bonchev–Trinajstić information content (AvgIpc) is 3.82. The minimum absolute atomic E-state index is 0.0243. The number of sulfonamides is 1. The van der Waals surface area contributed by atoms with E-state index in [0.717, 1.165) is 22.3 Å². The van der Waals surface area contributed by atoms with Gasteiger partial charge in [-0.25, -0.2) is 13.2 Å². The zero-order valence-electron chi connectivity index (χ0n) is 31.3. The van der Waals surface area contributed by atoms with Crippen LogP contribution in [0.3, 0.4) is 0 Å². The Morgan fingerprint density at radius 3 is 2.33 bits per heavy atom. The number of carbonyl (C=O) groups is 2. The van der Waals surface area contributed by atoms with E-state index in [4.69, 9.17) is 9.62 Å². The molecule has 54 heavy (non-hydrogen) atoms. The largest absolute Gasteiger partial charge is 0.472 e. The van der Waals surface area contributed by atoms with Gasteiger partial charge in [-0.2, -0.15) is 4.31 Å². The molecule has 4 atom stereocenters. The number of furan rings is 1. The number of hydrogen-bond donors (Lipinski definition) is 3. The van der Waals surface area contributed by atoms with Crippen LogP contribution in [0.4, 0.5) is 4.79 Å². The molecular weight excluding hydrogens is 707 g/mol. The summed E-state index contributed by atoms with van der Waals surface area (Å²) < 4.78 is 34.4. The Hall–Kier alpha value is -4.98. The Kier molecular flexibility index (Phi) is 13.7. The minimum Gasteiger partial charge on any atom is -0.472 e.